The number of rotatable bonds is 7. The van der Waals surface area contributed by atoms with E-state index in [1.807, 2.05) is 62.6 Å². The number of aromatic nitrogens is 2. The lowest BCUT2D eigenvalue weighted by atomic mass is 9.94. The maximum Gasteiger partial charge on any atom is 0.272 e. The SMILES string of the molecule is CCc1ccc(N(C(=O)[C@H]2COc3ccccc3O2)[C@@H](C(=O)NC2CCCCC2)c2cn(C)nc2C)cc1. The summed E-state index contributed by atoms with van der Waals surface area (Å²) in [5.41, 5.74) is 3.16. The highest BCUT2D eigenvalue weighted by atomic mass is 16.6. The van der Waals surface area contributed by atoms with Crippen molar-refractivity contribution in [3.8, 4) is 11.5 Å². The van der Waals surface area contributed by atoms with Gasteiger partial charge in [0.1, 0.15) is 12.6 Å². The molecule has 1 aromatic heterocycles. The standard InChI is InChI=1S/C30H36N4O4/c1-4-21-14-16-23(17-15-21)34(30(36)27-19-37-25-12-8-9-13-26(25)38-27)28(24-18-33(3)32-20(24)2)29(35)31-22-10-6-5-7-11-22/h8-9,12-18,22,27-28H,4-7,10-11,19H2,1-3H3,(H,31,35)/t27-,28-/m1/s1. The number of nitrogens with one attached hydrogen (secondary N) is 1. The average Bonchev–Trinajstić information content (AvgIpc) is 3.28. The maximum atomic E-state index is 14.3. The lowest BCUT2D eigenvalue weighted by molar-refractivity contribution is -0.132. The molecule has 8 nitrogen and oxygen atoms in total. The quantitative estimate of drug-likeness (QED) is 0.494. The molecule has 0 unspecified atom stereocenters. The second-order valence-corrected chi connectivity index (χ2v) is 10.2. The van der Waals surface area contributed by atoms with Gasteiger partial charge in [-0.1, -0.05) is 50.5 Å². The zero-order chi connectivity index (χ0) is 26.6. The van der Waals surface area contributed by atoms with Gasteiger partial charge in [-0.15, -0.1) is 0 Å². The number of anilines is 1. The van der Waals surface area contributed by atoms with Crippen molar-refractivity contribution in [3.05, 3.63) is 71.5 Å². The number of aryl methyl sites for hydroxylation is 3. The second kappa shape index (κ2) is 11.3. The van der Waals surface area contributed by atoms with Crippen molar-refractivity contribution in [2.24, 2.45) is 7.05 Å². The van der Waals surface area contributed by atoms with Crippen LogP contribution in [0.4, 0.5) is 5.69 Å². The van der Waals surface area contributed by atoms with Crippen molar-refractivity contribution in [2.45, 2.75) is 70.6 Å². The van der Waals surface area contributed by atoms with Crippen LogP contribution in [-0.4, -0.2) is 40.3 Å². The third kappa shape index (κ3) is 5.39. The van der Waals surface area contributed by atoms with E-state index >= 15 is 0 Å². The summed E-state index contributed by atoms with van der Waals surface area (Å²) < 4.78 is 13.7. The van der Waals surface area contributed by atoms with Gasteiger partial charge in [0.15, 0.2) is 11.5 Å². The summed E-state index contributed by atoms with van der Waals surface area (Å²) in [5.74, 6) is 0.568. The normalized spacial score (nSPS) is 18.0. The molecule has 38 heavy (non-hydrogen) atoms. The fourth-order valence-corrected chi connectivity index (χ4v) is 5.40. The molecule has 1 aliphatic carbocycles. The van der Waals surface area contributed by atoms with Gasteiger partial charge in [-0.3, -0.25) is 19.2 Å². The molecule has 2 aliphatic rings. The number of hydrogen-bond acceptors (Lipinski definition) is 5. The molecule has 3 aromatic rings. The van der Waals surface area contributed by atoms with Crippen LogP contribution in [0.1, 0.15) is 61.9 Å². The largest absolute Gasteiger partial charge is 0.485 e. The first-order valence-corrected chi connectivity index (χ1v) is 13.6. The first kappa shape index (κ1) is 25.8. The van der Waals surface area contributed by atoms with Gasteiger partial charge in [-0.05, 0) is 56.0 Å². The van der Waals surface area contributed by atoms with Crippen LogP contribution in [0.3, 0.4) is 0 Å². The zero-order valence-corrected chi connectivity index (χ0v) is 22.4. The lowest BCUT2D eigenvalue weighted by Gasteiger charge is -2.36. The molecule has 2 amide bonds. The van der Waals surface area contributed by atoms with E-state index in [0.29, 0.717) is 28.4 Å². The Bertz CT molecular complexity index is 1280. The molecule has 200 valence electrons. The average molecular weight is 517 g/mol. The fraction of sp³-hybridized carbons (Fsp3) is 0.433. The van der Waals surface area contributed by atoms with Crippen LogP contribution in [0.15, 0.2) is 54.7 Å². The summed E-state index contributed by atoms with van der Waals surface area (Å²) in [5, 5.41) is 7.77. The van der Waals surface area contributed by atoms with Crippen LogP contribution in [0.5, 0.6) is 11.5 Å². The van der Waals surface area contributed by atoms with Crippen molar-refractivity contribution in [2.75, 3.05) is 11.5 Å². The third-order valence-electron chi connectivity index (χ3n) is 7.45. The Morgan fingerprint density at radius 3 is 2.45 bits per heavy atom. The van der Waals surface area contributed by atoms with E-state index in [2.05, 4.69) is 17.3 Å². The summed E-state index contributed by atoms with van der Waals surface area (Å²) in [6.07, 6.45) is 7.06. The Morgan fingerprint density at radius 2 is 1.79 bits per heavy atom. The number of para-hydroxylation sites is 2. The Morgan fingerprint density at radius 1 is 1.08 bits per heavy atom. The predicted molar refractivity (Wildman–Crippen MR) is 145 cm³/mol. The number of benzene rings is 2. The van der Waals surface area contributed by atoms with Gasteiger partial charge in [-0.25, -0.2) is 0 Å². The molecule has 2 aromatic carbocycles. The topological polar surface area (TPSA) is 85.7 Å². The molecular formula is C30H36N4O4. The monoisotopic (exact) mass is 516 g/mol. The smallest absolute Gasteiger partial charge is 0.272 e. The molecule has 1 saturated carbocycles. The zero-order valence-electron chi connectivity index (χ0n) is 22.4. The Hall–Kier alpha value is -3.81. The number of fused-ring (bicyclic) bond motifs is 1. The molecule has 5 rings (SSSR count). The van der Waals surface area contributed by atoms with E-state index < -0.39 is 12.1 Å². The van der Waals surface area contributed by atoms with Gasteiger partial charge in [0.2, 0.25) is 12.0 Å². The van der Waals surface area contributed by atoms with Gasteiger partial charge in [0, 0.05) is 30.5 Å². The van der Waals surface area contributed by atoms with Gasteiger partial charge >= 0.3 is 0 Å². The maximum absolute atomic E-state index is 14.3. The predicted octanol–water partition coefficient (Wildman–Crippen LogP) is 4.65. The van der Waals surface area contributed by atoms with Crippen LogP contribution in [0.25, 0.3) is 0 Å². The van der Waals surface area contributed by atoms with E-state index in [1.54, 1.807) is 15.6 Å². The van der Waals surface area contributed by atoms with Gasteiger partial charge in [0.25, 0.3) is 5.91 Å². The van der Waals surface area contributed by atoms with Crippen molar-refractivity contribution in [3.63, 3.8) is 0 Å². The van der Waals surface area contributed by atoms with Crippen molar-refractivity contribution >= 4 is 17.5 Å². The van der Waals surface area contributed by atoms with Gasteiger partial charge < -0.3 is 14.8 Å². The molecule has 1 aliphatic heterocycles. The summed E-state index contributed by atoms with van der Waals surface area (Å²) in [7, 11) is 1.82. The number of amides is 2. The van der Waals surface area contributed by atoms with E-state index in [4.69, 9.17) is 9.47 Å². The highest BCUT2D eigenvalue weighted by Crippen LogP contribution is 2.35. The fourth-order valence-electron chi connectivity index (χ4n) is 5.40. The molecule has 0 saturated heterocycles. The van der Waals surface area contributed by atoms with Gasteiger partial charge in [-0.2, -0.15) is 5.10 Å². The lowest BCUT2D eigenvalue weighted by Crippen LogP contribution is -2.52. The molecule has 1 N–H and O–H groups in total. The number of hydrogen-bond donors (Lipinski definition) is 1. The highest BCUT2D eigenvalue weighted by molar-refractivity contribution is 6.03. The molecule has 1 fully saturated rings. The van der Waals surface area contributed by atoms with Crippen LogP contribution >= 0.6 is 0 Å². The summed E-state index contributed by atoms with van der Waals surface area (Å²) in [4.78, 5) is 30.0. The summed E-state index contributed by atoms with van der Waals surface area (Å²) in [6, 6.07) is 14.3. The van der Waals surface area contributed by atoms with Crippen molar-refractivity contribution in [1.82, 2.24) is 15.1 Å². The molecule has 2 atom stereocenters. The number of carbonyl (C=O) groups is 2. The van der Waals surface area contributed by atoms with Crippen LogP contribution in [0, 0.1) is 6.92 Å². The summed E-state index contributed by atoms with van der Waals surface area (Å²) in [6.45, 7) is 4.01. The Labute approximate surface area is 223 Å². The Kier molecular flexibility index (Phi) is 7.67. The van der Waals surface area contributed by atoms with Crippen molar-refractivity contribution < 1.29 is 19.1 Å². The molecule has 0 spiro atoms. The van der Waals surface area contributed by atoms with Crippen molar-refractivity contribution in [1.29, 1.82) is 0 Å². The van der Waals surface area contributed by atoms with Gasteiger partial charge in [0.05, 0.1) is 5.69 Å². The number of ether oxygens (including phenoxy) is 2. The third-order valence-corrected chi connectivity index (χ3v) is 7.45. The molecule has 2 heterocycles. The van der Waals surface area contributed by atoms with E-state index in [-0.39, 0.29) is 24.5 Å². The minimum Gasteiger partial charge on any atom is -0.485 e. The first-order valence-electron chi connectivity index (χ1n) is 13.6. The number of nitrogens with zero attached hydrogens (tertiary/aromatic N) is 3. The molecule has 0 bridgehead atoms. The second-order valence-electron chi connectivity index (χ2n) is 10.2. The highest BCUT2D eigenvalue weighted by Gasteiger charge is 2.41. The first-order chi connectivity index (χ1) is 18.4. The minimum atomic E-state index is -0.911. The summed E-state index contributed by atoms with van der Waals surface area (Å²) >= 11 is 0. The minimum absolute atomic E-state index is 0.0579. The molecular weight excluding hydrogens is 480 g/mol. The van der Waals surface area contributed by atoms with Crippen LogP contribution < -0.4 is 19.7 Å². The van der Waals surface area contributed by atoms with Crippen LogP contribution in [0.2, 0.25) is 0 Å². The van der Waals surface area contributed by atoms with Crippen LogP contribution in [-0.2, 0) is 23.1 Å². The Balaban J connectivity index is 1.56. The molecule has 8 heteroatoms. The van der Waals surface area contributed by atoms with E-state index in [9.17, 15) is 9.59 Å². The molecule has 0 radical (unpaired) electrons. The van der Waals surface area contributed by atoms with E-state index in [1.165, 1.54) is 6.42 Å². The van der Waals surface area contributed by atoms with E-state index in [0.717, 1.165) is 37.7 Å². The number of carbonyl (C=O) groups excluding carboxylic acids is 2.